The molecule has 2 heterocycles. The maximum absolute atomic E-state index is 13.0. The topological polar surface area (TPSA) is 117 Å². The number of carbonyl (C=O) groups excluding carboxylic acids is 3. The molecule has 2 aromatic carbocycles. The predicted molar refractivity (Wildman–Crippen MR) is 146 cm³/mol. The maximum atomic E-state index is 13.0. The lowest BCUT2D eigenvalue weighted by atomic mass is 9.69. The molecule has 42 heavy (non-hydrogen) atoms. The van der Waals surface area contributed by atoms with Gasteiger partial charge in [-0.1, -0.05) is 42.5 Å². The first kappa shape index (κ1) is 29.0. The third-order valence-electron chi connectivity index (χ3n) is 8.10. The van der Waals surface area contributed by atoms with E-state index in [9.17, 15) is 27.6 Å². The lowest BCUT2D eigenvalue weighted by molar-refractivity contribution is -0.204. The number of urea groups is 1. The second-order valence-corrected chi connectivity index (χ2v) is 10.7. The number of carbonyl (C=O) groups is 3. The van der Waals surface area contributed by atoms with Crippen LogP contribution in [0.1, 0.15) is 41.6 Å². The summed E-state index contributed by atoms with van der Waals surface area (Å²) in [4.78, 5) is 52.2. The standard InChI is InChI=1S/C29H29F3N6O4/c1-37(2)28(21-6-4-3-5-7-21)14-12-27(13-15-28)18-38(26(41)35-27)22-16-33-23(34-17-22)19-8-10-20(11-9-19)24(39)36-42-25(40)29(30,31)32/h3-11,16-17H,12-15,18H2,1-2H3,(H,35,41)(H,36,39). The number of hydroxylamine groups is 1. The van der Waals surface area contributed by atoms with Crippen molar-refractivity contribution in [3.05, 3.63) is 78.1 Å². The Morgan fingerprint density at radius 1 is 0.976 bits per heavy atom. The number of halogens is 3. The van der Waals surface area contributed by atoms with Crippen molar-refractivity contribution in [2.45, 2.75) is 42.9 Å². The number of nitrogens with one attached hydrogen (secondary N) is 2. The van der Waals surface area contributed by atoms with E-state index in [1.807, 2.05) is 6.07 Å². The minimum Gasteiger partial charge on any atom is -0.332 e. The monoisotopic (exact) mass is 582 g/mol. The fourth-order valence-electron chi connectivity index (χ4n) is 5.67. The van der Waals surface area contributed by atoms with E-state index in [1.165, 1.54) is 35.3 Å². The van der Waals surface area contributed by atoms with Crippen LogP contribution in [0.4, 0.5) is 23.7 Å². The van der Waals surface area contributed by atoms with E-state index < -0.39 is 18.1 Å². The molecule has 1 spiro atoms. The van der Waals surface area contributed by atoms with Gasteiger partial charge in [0.1, 0.15) is 0 Å². The molecule has 0 unspecified atom stereocenters. The molecular weight excluding hydrogens is 553 g/mol. The van der Waals surface area contributed by atoms with Crippen LogP contribution < -0.4 is 15.7 Å². The maximum Gasteiger partial charge on any atom is 0.493 e. The SMILES string of the molecule is CN(C)C1(c2ccccc2)CCC2(CC1)CN(c1cnc(-c3ccc(C(=O)NOC(=O)C(F)(F)F)cc3)nc1)C(=O)N2. The van der Waals surface area contributed by atoms with Gasteiger partial charge in [-0.2, -0.15) is 18.7 Å². The molecule has 3 amide bonds. The molecule has 2 N–H and O–H groups in total. The molecule has 10 nitrogen and oxygen atoms in total. The fraction of sp³-hybridized carbons (Fsp3) is 0.345. The van der Waals surface area contributed by atoms with Gasteiger partial charge in [0.15, 0.2) is 5.82 Å². The van der Waals surface area contributed by atoms with Gasteiger partial charge in [0.05, 0.1) is 30.2 Å². The molecule has 0 radical (unpaired) electrons. The van der Waals surface area contributed by atoms with E-state index in [0.717, 1.165) is 25.7 Å². The number of nitrogens with zero attached hydrogens (tertiary/aromatic N) is 4. The van der Waals surface area contributed by atoms with Gasteiger partial charge in [-0.25, -0.2) is 19.6 Å². The highest BCUT2D eigenvalue weighted by Gasteiger charge is 2.50. The Bertz CT molecular complexity index is 1460. The third kappa shape index (κ3) is 5.64. The summed E-state index contributed by atoms with van der Waals surface area (Å²) in [7, 11) is 4.20. The third-order valence-corrected chi connectivity index (χ3v) is 8.10. The van der Waals surface area contributed by atoms with Crippen LogP contribution in [-0.2, 0) is 15.2 Å². The van der Waals surface area contributed by atoms with E-state index in [-0.39, 0.29) is 22.7 Å². The summed E-state index contributed by atoms with van der Waals surface area (Å²) in [6.07, 6.45) is 1.30. The molecule has 0 bridgehead atoms. The summed E-state index contributed by atoms with van der Waals surface area (Å²) in [5.74, 6) is -3.24. The van der Waals surface area contributed by atoms with E-state index in [2.05, 4.69) is 63.4 Å². The van der Waals surface area contributed by atoms with Crippen molar-refractivity contribution < 1.29 is 32.4 Å². The van der Waals surface area contributed by atoms with Crippen molar-refractivity contribution in [1.29, 1.82) is 0 Å². The van der Waals surface area contributed by atoms with Crippen molar-refractivity contribution in [2.24, 2.45) is 0 Å². The molecule has 0 atom stereocenters. The van der Waals surface area contributed by atoms with E-state index in [1.54, 1.807) is 17.3 Å². The normalized spacial score (nSPS) is 22.2. The Balaban J connectivity index is 1.22. The van der Waals surface area contributed by atoms with Crippen LogP contribution in [0.3, 0.4) is 0 Å². The molecule has 3 aromatic rings. The average Bonchev–Trinajstić information content (AvgIpc) is 3.31. The minimum absolute atomic E-state index is 0.0394. The summed E-state index contributed by atoms with van der Waals surface area (Å²) in [5.41, 5.74) is 3.32. The first-order chi connectivity index (χ1) is 19.9. The highest BCUT2D eigenvalue weighted by Crippen LogP contribution is 2.46. The smallest absolute Gasteiger partial charge is 0.332 e. The number of hydrogen-bond acceptors (Lipinski definition) is 7. The number of hydrogen-bond donors (Lipinski definition) is 2. The van der Waals surface area contributed by atoms with Crippen molar-refractivity contribution >= 4 is 23.6 Å². The van der Waals surface area contributed by atoms with Crippen LogP contribution in [0.5, 0.6) is 0 Å². The minimum atomic E-state index is -5.23. The van der Waals surface area contributed by atoms with Crippen molar-refractivity contribution in [2.75, 3.05) is 25.5 Å². The summed E-state index contributed by atoms with van der Waals surface area (Å²) in [6, 6.07) is 15.9. The highest BCUT2D eigenvalue weighted by atomic mass is 19.4. The van der Waals surface area contributed by atoms with Gasteiger partial charge >= 0.3 is 18.2 Å². The molecule has 5 rings (SSSR count). The molecular formula is C29H29F3N6O4. The van der Waals surface area contributed by atoms with Gasteiger partial charge in [-0.15, -0.1) is 0 Å². The molecule has 13 heteroatoms. The van der Waals surface area contributed by atoms with Crippen molar-refractivity contribution in [3.63, 3.8) is 0 Å². The van der Waals surface area contributed by atoms with Crippen LogP contribution in [0.2, 0.25) is 0 Å². The van der Waals surface area contributed by atoms with E-state index in [0.29, 0.717) is 23.6 Å². The molecule has 1 aliphatic carbocycles. The lowest BCUT2D eigenvalue weighted by Gasteiger charge is -2.48. The number of rotatable bonds is 5. The lowest BCUT2D eigenvalue weighted by Crippen LogP contribution is -2.54. The fourth-order valence-corrected chi connectivity index (χ4v) is 5.67. The molecule has 1 aromatic heterocycles. The Morgan fingerprint density at radius 2 is 1.60 bits per heavy atom. The average molecular weight is 583 g/mol. The predicted octanol–water partition coefficient (Wildman–Crippen LogP) is 4.19. The Morgan fingerprint density at radius 3 is 2.17 bits per heavy atom. The Kier molecular flexibility index (Phi) is 7.62. The van der Waals surface area contributed by atoms with Crippen LogP contribution in [0, 0.1) is 0 Å². The zero-order valence-electron chi connectivity index (χ0n) is 22.9. The van der Waals surface area contributed by atoms with Gasteiger partial charge in [0.25, 0.3) is 5.91 Å². The largest absolute Gasteiger partial charge is 0.493 e. The molecule has 1 saturated heterocycles. The number of amides is 3. The summed E-state index contributed by atoms with van der Waals surface area (Å²) < 4.78 is 36.7. The van der Waals surface area contributed by atoms with Crippen LogP contribution in [-0.4, -0.2) is 65.1 Å². The van der Waals surface area contributed by atoms with Crippen molar-refractivity contribution in [1.82, 2.24) is 25.7 Å². The number of benzene rings is 2. The zero-order chi connectivity index (χ0) is 30.1. The number of anilines is 1. The first-order valence-corrected chi connectivity index (χ1v) is 13.3. The Labute approximate surface area is 239 Å². The van der Waals surface area contributed by atoms with Gasteiger partial charge in [-0.05, 0) is 57.5 Å². The Hall–Kier alpha value is -4.52. The zero-order valence-corrected chi connectivity index (χ0v) is 22.9. The number of aromatic nitrogens is 2. The molecule has 2 fully saturated rings. The van der Waals surface area contributed by atoms with Gasteiger partial charge in [0.2, 0.25) is 0 Å². The van der Waals surface area contributed by atoms with E-state index >= 15 is 0 Å². The number of alkyl halides is 3. The molecule has 1 saturated carbocycles. The second kappa shape index (κ2) is 11.0. The van der Waals surface area contributed by atoms with Crippen molar-refractivity contribution in [3.8, 4) is 11.4 Å². The van der Waals surface area contributed by atoms with Gasteiger partial charge in [0, 0.05) is 16.7 Å². The van der Waals surface area contributed by atoms with E-state index in [4.69, 9.17) is 0 Å². The highest BCUT2D eigenvalue weighted by molar-refractivity contribution is 5.95. The van der Waals surface area contributed by atoms with Crippen LogP contribution >= 0.6 is 0 Å². The van der Waals surface area contributed by atoms with Crippen LogP contribution in [0.25, 0.3) is 11.4 Å². The quantitative estimate of drug-likeness (QED) is 0.434. The summed E-state index contributed by atoms with van der Waals surface area (Å²) >= 11 is 0. The molecule has 1 aliphatic heterocycles. The molecule has 220 valence electrons. The van der Waals surface area contributed by atoms with Gasteiger partial charge < -0.3 is 10.2 Å². The van der Waals surface area contributed by atoms with Gasteiger partial charge in [-0.3, -0.25) is 14.6 Å². The molecule has 2 aliphatic rings. The summed E-state index contributed by atoms with van der Waals surface area (Å²) in [6.45, 7) is 0.496. The van der Waals surface area contributed by atoms with Crippen LogP contribution in [0.15, 0.2) is 67.0 Å². The second-order valence-electron chi connectivity index (χ2n) is 10.7. The summed E-state index contributed by atoms with van der Waals surface area (Å²) in [5, 5.41) is 3.22. The first-order valence-electron chi connectivity index (χ1n) is 13.3.